The minimum absolute atomic E-state index is 0.205. The number of rotatable bonds is 2. The summed E-state index contributed by atoms with van der Waals surface area (Å²) in [5.74, 6) is -2.52. The summed E-state index contributed by atoms with van der Waals surface area (Å²) in [5, 5.41) is 23.8. The smallest absolute Gasteiger partial charge is 0.328 e. The lowest BCUT2D eigenvalue weighted by atomic mass is 10.1. The zero-order chi connectivity index (χ0) is 15.7. The number of nitro groups is 1. The van der Waals surface area contributed by atoms with Crippen molar-refractivity contribution in [3.63, 3.8) is 0 Å². The molecule has 1 saturated heterocycles. The van der Waals surface area contributed by atoms with Gasteiger partial charge in [-0.1, -0.05) is 11.6 Å². The molecule has 0 radical (unpaired) electrons. The van der Waals surface area contributed by atoms with Crippen molar-refractivity contribution in [3.05, 3.63) is 38.4 Å². The number of phenols is 1. The topological polar surface area (TPSA) is 139 Å². The Labute approximate surface area is 121 Å². The molecule has 0 aromatic heterocycles. The number of imide groups is 2. The van der Waals surface area contributed by atoms with Crippen LogP contribution in [-0.2, 0) is 9.59 Å². The Morgan fingerprint density at radius 2 is 1.76 bits per heavy atom. The minimum atomic E-state index is -0.995. The number of carbonyl (C=O) groups is 3. The minimum Gasteiger partial charge on any atom is -0.506 e. The van der Waals surface area contributed by atoms with Crippen molar-refractivity contribution in [3.8, 4) is 5.75 Å². The summed E-state index contributed by atoms with van der Waals surface area (Å²) < 4.78 is 0. The zero-order valence-electron chi connectivity index (χ0n) is 10.0. The number of nitrogens with one attached hydrogen (secondary N) is 2. The number of amides is 4. The van der Waals surface area contributed by atoms with Gasteiger partial charge in [0.2, 0.25) is 0 Å². The molecule has 0 saturated carbocycles. The van der Waals surface area contributed by atoms with Crippen molar-refractivity contribution in [2.24, 2.45) is 0 Å². The SMILES string of the molecule is O=C1NC(=O)C(=Cc2cc([N+](=O)[O-])cc(Cl)c2O)C(=O)N1. The molecule has 0 bridgehead atoms. The standard InChI is InChI=1S/C11H6ClN3O6/c12-7-3-5(15(20)21)1-4(8(7)16)2-6-9(17)13-11(19)14-10(6)18/h1-3,16H,(H2,13,14,17,18,19). The fourth-order valence-electron chi connectivity index (χ4n) is 1.58. The maximum absolute atomic E-state index is 11.5. The molecular formula is C11H6ClN3O6. The fourth-order valence-corrected chi connectivity index (χ4v) is 1.80. The highest BCUT2D eigenvalue weighted by Crippen LogP contribution is 2.33. The average Bonchev–Trinajstić information content (AvgIpc) is 2.37. The van der Waals surface area contributed by atoms with Gasteiger partial charge in [-0.05, 0) is 6.08 Å². The Kier molecular flexibility index (Phi) is 3.59. The third-order valence-corrected chi connectivity index (χ3v) is 2.82. The molecule has 21 heavy (non-hydrogen) atoms. The number of aromatic hydroxyl groups is 1. The van der Waals surface area contributed by atoms with Gasteiger partial charge in [0.1, 0.15) is 11.3 Å². The summed E-state index contributed by atoms with van der Waals surface area (Å²) in [4.78, 5) is 43.9. The third-order valence-electron chi connectivity index (χ3n) is 2.53. The van der Waals surface area contributed by atoms with Crippen LogP contribution in [0.1, 0.15) is 5.56 Å². The Hall–Kier alpha value is -2.94. The van der Waals surface area contributed by atoms with Crippen LogP contribution in [0.15, 0.2) is 17.7 Å². The molecule has 1 fully saturated rings. The number of non-ortho nitro benzene ring substituents is 1. The molecule has 0 aliphatic carbocycles. The molecule has 4 amide bonds. The van der Waals surface area contributed by atoms with Crippen LogP contribution >= 0.6 is 11.6 Å². The van der Waals surface area contributed by atoms with Crippen molar-refractivity contribution in [2.45, 2.75) is 0 Å². The first kappa shape index (κ1) is 14.5. The lowest BCUT2D eigenvalue weighted by Gasteiger charge is -2.14. The predicted octanol–water partition coefficient (Wildman–Crippen LogP) is 0.703. The van der Waals surface area contributed by atoms with E-state index in [1.165, 1.54) is 0 Å². The largest absolute Gasteiger partial charge is 0.506 e. The number of benzene rings is 1. The van der Waals surface area contributed by atoms with E-state index in [0.29, 0.717) is 0 Å². The van der Waals surface area contributed by atoms with Crippen LogP contribution in [0.5, 0.6) is 5.75 Å². The molecule has 0 unspecified atom stereocenters. The molecule has 3 N–H and O–H groups in total. The predicted molar refractivity (Wildman–Crippen MR) is 69.4 cm³/mol. The van der Waals surface area contributed by atoms with Gasteiger partial charge in [-0.15, -0.1) is 0 Å². The van der Waals surface area contributed by atoms with E-state index in [4.69, 9.17) is 11.6 Å². The van der Waals surface area contributed by atoms with Crippen molar-refractivity contribution in [1.29, 1.82) is 0 Å². The van der Waals surface area contributed by atoms with Crippen molar-refractivity contribution < 1.29 is 24.4 Å². The van der Waals surface area contributed by atoms with E-state index in [1.54, 1.807) is 0 Å². The normalized spacial score (nSPS) is 14.5. The highest BCUT2D eigenvalue weighted by molar-refractivity contribution is 6.33. The van der Waals surface area contributed by atoms with Crippen LogP contribution in [-0.4, -0.2) is 27.9 Å². The number of nitro benzene ring substituents is 1. The molecule has 1 heterocycles. The second-order valence-electron chi connectivity index (χ2n) is 3.92. The lowest BCUT2D eigenvalue weighted by Crippen LogP contribution is -2.51. The van der Waals surface area contributed by atoms with Gasteiger partial charge in [0.25, 0.3) is 17.5 Å². The summed E-state index contributed by atoms with van der Waals surface area (Å²) in [6.07, 6.45) is 0.894. The molecule has 0 spiro atoms. The second-order valence-corrected chi connectivity index (χ2v) is 4.33. The molecule has 0 atom stereocenters. The van der Waals surface area contributed by atoms with E-state index in [1.807, 2.05) is 10.6 Å². The van der Waals surface area contributed by atoms with Crippen LogP contribution in [0.4, 0.5) is 10.5 Å². The summed E-state index contributed by atoms with van der Waals surface area (Å²) in [5.41, 5.74) is -1.14. The number of carbonyl (C=O) groups excluding carboxylic acids is 3. The van der Waals surface area contributed by atoms with E-state index < -0.39 is 39.8 Å². The number of nitrogens with zero attached hydrogens (tertiary/aromatic N) is 1. The summed E-state index contributed by atoms with van der Waals surface area (Å²) >= 11 is 5.64. The van der Waals surface area contributed by atoms with Crippen molar-refractivity contribution in [2.75, 3.05) is 0 Å². The molecule has 2 rings (SSSR count). The molecule has 9 nitrogen and oxygen atoms in total. The van der Waals surface area contributed by atoms with Gasteiger partial charge in [0, 0.05) is 17.7 Å². The first-order chi connectivity index (χ1) is 9.79. The van der Waals surface area contributed by atoms with Crippen molar-refractivity contribution in [1.82, 2.24) is 10.6 Å². The van der Waals surface area contributed by atoms with E-state index in [2.05, 4.69) is 0 Å². The van der Waals surface area contributed by atoms with Gasteiger partial charge in [-0.25, -0.2) is 4.79 Å². The lowest BCUT2D eigenvalue weighted by molar-refractivity contribution is -0.384. The molecular weight excluding hydrogens is 306 g/mol. The highest BCUT2D eigenvalue weighted by Gasteiger charge is 2.28. The van der Waals surface area contributed by atoms with Crippen LogP contribution in [0.25, 0.3) is 6.08 Å². The number of barbiturate groups is 1. The van der Waals surface area contributed by atoms with Crippen LogP contribution in [0.3, 0.4) is 0 Å². The first-order valence-corrected chi connectivity index (χ1v) is 5.72. The maximum atomic E-state index is 11.5. The van der Waals surface area contributed by atoms with Crippen LogP contribution < -0.4 is 10.6 Å². The number of hydrogen-bond acceptors (Lipinski definition) is 6. The molecule has 10 heteroatoms. The van der Waals surface area contributed by atoms with Crippen LogP contribution in [0.2, 0.25) is 5.02 Å². The number of urea groups is 1. The number of halogens is 1. The quantitative estimate of drug-likeness (QED) is 0.318. The van der Waals surface area contributed by atoms with Crippen molar-refractivity contribution >= 4 is 41.2 Å². The Bertz CT molecular complexity index is 705. The van der Waals surface area contributed by atoms with E-state index in [9.17, 15) is 29.6 Å². The average molecular weight is 312 g/mol. The summed E-state index contributed by atoms with van der Waals surface area (Å²) in [6, 6.07) is 0.873. The molecule has 1 aromatic carbocycles. The Morgan fingerprint density at radius 1 is 1.19 bits per heavy atom. The molecule has 1 aliphatic rings. The molecule has 1 aromatic rings. The molecule has 1 aliphatic heterocycles. The third kappa shape index (κ3) is 2.82. The van der Waals surface area contributed by atoms with Gasteiger partial charge in [-0.3, -0.25) is 30.3 Å². The van der Waals surface area contributed by atoms with Gasteiger partial charge in [0.05, 0.1) is 9.95 Å². The molecule has 108 valence electrons. The number of phenolic OH excluding ortho intramolecular Hbond substituents is 1. The first-order valence-electron chi connectivity index (χ1n) is 5.35. The van der Waals surface area contributed by atoms with Gasteiger partial charge in [0.15, 0.2) is 0 Å². The second kappa shape index (κ2) is 5.21. The zero-order valence-corrected chi connectivity index (χ0v) is 10.8. The maximum Gasteiger partial charge on any atom is 0.328 e. The number of hydrogen-bond donors (Lipinski definition) is 3. The summed E-state index contributed by atoms with van der Waals surface area (Å²) in [6.45, 7) is 0. The van der Waals surface area contributed by atoms with Crippen LogP contribution in [0, 0.1) is 10.1 Å². The monoisotopic (exact) mass is 311 g/mol. The Balaban J connectivity index is 2.54. The van der Waals surface area contributed by atoms with E-state index in [0.717, 1.165) is 18.2 Å². The highest BCUT2D eigenvalue weighted by atomic mass is 35.5. The van der Waals surface area contributed by atoms with E-state index in [-0.39, 0.29) is 10.6 Å². The van der Waals surface area contributed by atoms with E-state index >= 15 is 0 Å². The van der Waals surface area contributed by atoms with Gasteiger partial charge < -0.3 is 5.11 Å². The fraction of sp³-hybridized carbons (Fsp3) is 0. The van der Waals surface area contributed by atoms with Gasteiger partial charge >= 0.3 is 6.03 Å². The Morgan fingerprint density at radius 3 is 2.29 bits per heavy atom. The summed E-state index contributed by atoms with van der Waals surface area (Å²) in [7, 11) is 0. The van der Waals surface area contributed by atoms with Gasteiger partial charge in [-0.2, -0.15) is 0 Å².